The molecular weight excluding hydrogens is 434 g/mol. The zero-order chi connectivity index (χ0) is 23.8. The van der Waals surface area contributed by atoms with E-state index in [9.17, 15) is 14.7 Å². The number of anilines is 1. The van der Waals surface area contributed by atoms with Gasteiger partial charge in [0.15, 0.2) is 22.9 Å². The van der Waals surface area contributed by atoms with E-state index < -0.39 is 23.5 Å². The second-order valence-electron chi connectivity index (χ2n) is 7.57. The molecule has 166 valence electrons. The molecule has 0 radical (unpaired) electrons. The molecule has 0 bridgehead atoms. The molecule has 5 rings (SSSR count). The zero-order valence-corrected chi connectivity index (χ0v) is 17.9. The molecule has 0 fully saturated rings. The van der Waals surface area contributed by atoms with Gasteiger partial charge in [-0.15, -0.1) is 0 Å². The number of fused-ring (bicyclic) bond motifs is 1. The minimum Gasteiger partial charge on any atom is -0.503 e. The summed E-state index contributed by atoms with van der Waals surface area (Å²) >= 11 is 0. The number of ketones is 1. The molecule has 4 aromatic rings. The highest BCUT2D eigenvalue weighted by Crippen LogP contribution is 2.42. The lowest BCUT2D eigenvalue weighted by atomic mass is 9.98. The van der Waals surface area contributed by atoms with Crippen molar-refractivity contribution in [2.24, 2.45) is 0 Å². The second kappa shape index (κ2) is 8.22. The van der Waals surface area contributed by atoms with Crippen molar-refractivity contribution in [1.29, 1.82) is 5.26 Å². The third-order valence-electron chi connectivity index (χ3n) is 5.65. The number of hydrogen-bond donors (Lipinski definition) is 1. The van der Waals surface area contributed by atoms with E-state index in [0.717, 1.165) is 0 Å². The van der Waals surface area contributed by atoms with Crippen LogP contribution in [-0.2, 0) is 4.79 Å². The van der Waals surface area contributed by atoms with Crippen LogP contribution in [0.15, 0.2) is 88.7 Å². The predicted octanol–water partition coefficient (Wildman–Crippen LogP) is 4.49. The number of pyridine rings is 1. The summed E-state index contributed by atoms with van der Waals surface area (Å²) in [6.45, 7) is 0. The van der Waals surface area contributed by atoms with Crippen LogP contribution >= 0.6 is 0 Å². The van der Waals surface area contributed by atoms with Gasteiger partial charge in [-0.1, -0.05) is 18.2 Å². The van der Waals surface area contributed by atoms with Gasteiger partial charge in [0.2, 0.25) is 5.78 Å². The van der Waals surface area contributed by atoms with Crippen LogP contribution in [0.1, 0.15) is 27.9 Å². The van der Waals surface area contributed by atoms with Crippen LogP contribution in [0.4, 0.5) is 5.69 Å². The van der Waals surface area contributed by atoms with Crippen LogP contribution in [0, 0.1) is 11.3 Å². The molecule has 0 aliphatic carbocycles. The molecule has 0 saturated heterocycles. The summed E-state index contributed by atoms with van der Waals surface area (Å²) < 4.78 is 11.1. The number of aliphatic hydroxyl groups excluding tert-OH is 1. The maximum absolute atomic E-state index is 13.6. The number of carbonyl (C=O) groups excluding carboxylic acids is 2. The minimum atomic E-state index is -0.996. The Morgan fingerprint density at radius 3 is 2.62 bits per heavy atom. The first-order valence-electron chi connectivity index (χ1n) is 10.3. The largest absolute Gasteiger partial charge is 0.503 e. The molecule has 34 heavy (non-hydrogen) atoms. The summed E-state index contributed by atoms with van der Waals surface area (Å²) in [5.74, 6) is -1.67. The monoisotopic (exact) mass is 451 g/mol. The fraction of sp³-hybridized carbons (Fsp3) is 0.0769. The molecule has 8 heteroatoms. The summed E-state index contributed by atoms with van der Waals surface area (Å²) in [4.78, 5) is 32.4. The van der Waals surface area contributed by atoms with E-state index in [0.29, 0.717) is 33.7 Å². The summed E-state index contributed by atoms with van der Waals surface area (Å²) in [5, 5.41) is 20.6. The molecule has 0 spiro atoms. The fourth-order valence-corrected chi connectivity index (χ4v) is 4.06. The molecule has 1 unspecified atom stereocenters. The second-order valence-corrected chi connectivity index (χ2v) is 7.57. The van der Waals surface area contributed by atoms with E-state index in [2.05, 4.69) is 4.98 Å². The van der Waals surface area contributed by atoms with Crippen LogP contribution in [0.3, 0.4) is 0 Å². The van der Waals surface area contributed by atoms with E-state index in [1.807, 2.05) is 6.07 Å². The Morgan fingerprint density at radius 2 is 1.94 bits per heavy atom. The van der Waals surface area contributed by atoms with Crippen LogP contribution in [0.25, 0.3) is 11.0 Å². The first-order chi connectivity index (χ1) is 16.5. The van der Waals surface area contributed by atoms with Crippen molar-refractivity contribution in [3.05, 3.63) is 101 Å². The number of aliphatic hydroxyl groups is 1. The number of ether oxygens (including phenoxy) is 1. The third-order valence-corrected chi connectivity index (χ3v) is 5.65. The van der Waals surface area contributed by atoms with Gasteiger partial charge in [0.05, 0.1) is 30.0 Å². The number of rotatable bonds is 5. The lowest BCUT2D eigenvalue weighted by molar-refractivity contribution is -0.117. The molecule has 1 aliphatic rings. The topological polar surface area (TPSA) is 117 Å². The Kier molecular flexibility index (Phi) is 5.07. The molecule has 1 aliphatic heterocycles. The Bertz CT molecular complexity index is 1500. The van der Waals surface area contributed by atoms with E-state index in [1.54, 1.807) is 72.9 Å². The highest BCUT2D eigenvalue weighted by atomic mass is 16.5. The smallest absolute Gasteiger partial charge is 0.294 e. The van der Waals surface area contributed by atoms with Gasteiger partial charge in [0, 0.05) is 17.3 Å². The number of carbonyl (C=O) groups is 2. The van der Waals surface area contributed by atoms with Gasteiger partial charge in [0.25, 0.3) is 5.91 Å². The Morgan fingerprint density at radius 1 is 1.15 bits per heavy atom. The average Bonchev–Trinajstić information content (AvgIpc) is 3.43. The maximum atomic E-state index is 13.6. The minimum absolute atomic E-state index is 0.0449. The first-order valence-corrected chi connectivity index (χ1v) is 10.3. The van der Waals surface area contributed by atoms with Crippen molar-refractivity contribution in [3.8, 4) is 11.8 Å². The number of amides is 1. The van der Waals surface area contributed by atoms with Crippen LogP contribution < -0.4 is 9.64 Å². The van der Waals surface area contributed by atoms with Crippen molar-refractivity contribution in [2.45, 2.75) is 6.04 Å². The van der Waals surface area contributed by atoms with Crippen molar-refractivity contribution in [1.82, 2.24) is 4.98 Å². The van der Waals surface area contributed by atoms with Gasteiger partial charge < -0.3 is 14.3 Å². The summed E-state index contributed by atoms with van der Waals surface area (Å²) in [6, 6.07) is 19.2. The van der Waals surface area contributed by atoms with Crippen LogP contribution in [0.5, 0.6) is 5.75 Å². The van der Waals surface area contributed by atoms with Gasteiger partial charge in [-0.2, -0.15) is 5.26 Å². The van der Waals surface area contributed by atoms with Crippen molar-refractivity contribution < 1.29 is 23.8 Å². The molecule has 1 atom stereocenters. The molecule has 1 N–H and O–H groups in total. The van der Waals surface area contributed by atoms with Gasteiger partial charge in [-0.05, 0) is 48.5 Å². The molecule has 3 heterocycles. The van der Waals surface area contributed by atoms with E-state index in [1.165, 1.54) is 12.0 Å². The summed E-state index contributed by atoms with van der Waals surface area (Å²) in [6.07, 6.45) is 1.54. The number of Topliss-reactive ketones (excluding diaryl/α,β-unsaturated/α-hetero) is 1. The predicted molar refractivity (Wildman–Crippen MR) is 122 cm³/mol. The Balaban J connectivity index is 1.64. The number of para-hydroxylation sites is 1. The van der Waals surface area contributed by atoms with Gasteiger partial charge >= 0.3 is 0 Å². The zero-order valence-electron chi connectivity index (χ0n) is 17.9. The molecule has 2 aromatic heterocycles. The Hall–Kier alpha value is -4.90. The molecule has 2 aromatic carbocycles. The number of hydrogen-bond acceptors (Lipinski definition) is 7. The van der Waals surface area contributed by atoms with Crippen LogP contribution in [-0.4, -0.2) is 28.9 Å². The SMILES string of the molecule is COc1cccc2cc(C(=O)C3=C(O)C(=O)N(c4ccc(C#N)cc4)C3c3ccccn3)oc12. The van der Waals surface area contributed by atoms with Crippen LogP contribution in [0.2, 0.25) is 0 Å². The van der Waals surface area contributed by atoms with Crippen molar-refractivity contribution >= 4 is 28.3 Å². The standard InChI is InChI=1S/C26H17N3O5/c1-33-19-7-4-5-16-13-20(34-25(16)19)23(30)21-22(18-6-2-3-12-28-18)29(26(32)24(21)31)17-10-8-15(14-27)9-11-17/h2-13,22,31H,1H3. The molecule has 1 amide bonds. The highest BCUT2D eigenvalue weighted by Gasteiger charge is 2.46. The number of methoxy groups -OCH3 is 1. The first kappa shape index (κ1) is 21.0. The quantitative estimate of drug-likeness (QED) is 0.444. The average molecular weight is 451 g/mol. The van der Waals surface area contributed by atoms with E-state index >= 15 is 0 Å². The number of nitriles is 1. The van der Waals surface area contributed by atoms with E-state index in [-0.39, 0.29) is 11.3 Å². The number of nitrogens with zero attached hydrogens (tertiary/aromatic N) is 3. The normalized spacial score (nSPS) is 15.6. The summed E-state index contributed by atoms with van der Waals surface area (Å²) in [7, 11) is 1.50. The van der Waals surface area contributed by atoms with Gasteiger partial charge in [0.1, 0.15) is 6.04 Å². The Labute approximate surface area is 193 Å². The fourth-order valence-electron chi connectivity index (χ4n) is 4.06. The highest BCUT2D eigenvalue weighted by molar-refractivity contribution is 6.20. The lowest BCUT2D eigenvalue weighted by Crippen LogP contribution is -2.31. The van der Waals surface area contributed by atoms with Gasteiger partial charge in [-0.3, -0.25) is 19.5 Å². The molecular formula is C26H17N3O5. The molecule has 0 saturated carbocycles. The third kappa shape index (κ3) is 3.27. The lowest BCUT2D eigenvalue weighted by Gasteiger charge is -2.25. The van der Waals surface area contributed by atoms with E-state index in [4.69, 9.17) is 14.4 Å². The molecule has 8 nitrogen and oxygen atoms in total. The van der Waals surface area contributed by atoms with Crippen molar-refractivity contribution in [3.63, 3.8) is 0 Å². The number of aromatic nitrogens is 1. The van der Waals surface area contributed by atoms with Crippen molar-refractivity contribution in [2.75, 3.05) is 12.0 Å². The summed E-state index contributed by atoms with van der Waals surface area (Å²) in [5.41, 5.74) is 1.44. The number of furan rings is 1. The van der Waals surface area contributed by atoms with Gasteiger partial charge in [-0.25, -0.2) is 0 Å². The maximum Gasteiger partial charge on any atom is 0.294 e. The number of benzene rings is 2.